The summed E-state index contributed by atoms with van der Waals surface area (Å²) in [5, 5.41) is 7.10. The van der Waals surface area contributed by atoms with Crippen LogP contribution in [0.25, 0.3) is 0 Å². The Labute approximate surface area is 209 Å². The molecule has 0 spiro atoms. The molecule has 2 aliphatic heterocycles. The molecule has 2 saturated heterocycles. The Morgan fingerprint density at radius 1 is 1.00 bits per heavy atom. The molecule has 0 saturated carbocycles. The normalized spacial score (nSPS) is 20.8. The second kappa shape index (κ2) is 12.2. The number of anilines is 2. The average Bonchev–Trinajstić information content (AvgIpc) is 3.48. The zero-order valence-electron chi connectivity index (χ0n) is 19.2. The number of nitrogens with zero attached hydrogens (tertiary/aromatic N) is 3. The standard InChI is InChI=1S/C25H35N5O.HI/c1-3-26-25(27-17-20-13-15-29(18-20)22-9-5-4-6-10-22)28-21-14-16-30(19-21)23-11-7-8-12-24(23)31-2;/h4-12,20-21H,3,13-19H2,1-2H3,(H2,26,27,28);1H. The number of methoxy groups -OCH3 is 1. The quantitative estimate of drug-likeness (QED) is 0.311. The van der Waals surface area contributed by atoms with E-state index < -0.39 is 0 Å². The molecular weight excluding hydrogens is 513 g/mol. The van der Waals surface area contributed by atoms with Gasteiger partial charge in [0, 0.05) is 51.0 Å². The van der Waals surface area contributed by atoms with Crippen molar-refractivity contribution in [3.05, 3.63) is 54.6 Å². The van der Waals surface area contributed by atoms with Gasteiger partial charge in [-0.15, -0.1) is 24.0 Å². The van der Waals surface area contributed by atoms with Crippen LogP contribution in [0.5, 0.6) is 5.75 Å². The van der Waals surface area contributed by atoms with Crippen molar-refractivity contribution in [3.63, 3.8) is 0 Å². The van der Waals surface area contributed by atoms with Gasteiger partial charge < -0.3 is 25.2 Å². The summed E-state index contributed by atoms with van der Waals surface area (Å²) in [5.74, 6) is 2.48. The van der Waals surface area contributed by atoms with Gasteiger partial charge in [-0.2, -0.15) is 0 Å². The topological polar surface area (TPSA) is 52.1 Å². The highest BCUT2D eigenvalue weighted by atomic mass is 127. The third-order valence-electron chi connectivity index (χ3n) is 6.21. The number of halogens is 1. The Morgan fingerprint density at radius 2 is 1.75 bits per heavy atom. The summed E-state index contributed by atoms with van der Waals surface area (Å²) in [6.45, 7) is 8.03. The van der Waals surface area contributed by atoms with E-state index in [-0.39, 0.29) is 24.0 Å². The molecule has 2 aromatic rings. The van der Waals surface area contributed by atoms with E-state index in [1.807, 2.05) is 12.1 Å². The fraction of sp³-hybridized carbons (Fsp3) is 0.480. The molecule has 0 radical (unpaired) electrons. The minimum atomic E-state index is 0. The molecule has 2 N–H and O–H groups in total. The molecule has 2 heterocycles. The lowest BCUT2D eigenvalue weighted by atomic mass is 10.1. The summed E-state index contributed by atoms with van der Waals surface area (Å²) in [7, 11) is 1.74. The van der Waals surface area contributed by atoms with Gasteiger partial charge in [-0.05, 0) is 49.9 Å². The molecule has 0 bridgehead atoms. The molecule has 2 aromatic carbocycles. The Bertz CT molecular complexity index is 862. The van der Waals surface area contributed by atoms with Crippen LogP contribution in [0, 0.1) is 5.92 Å². The maximum Gasteiger partial charge on any atom is 0.191 e. The number of rotatable bonds is 7. The van der Waals surface area contributed by atoms with E-state index in [0.717, 1.165) is 57.4 Å². The number of benzene rings is 2. The van der Waals surface area contributed by atoms with E-state index in [1.54, 1.807) is 7.11 Å². The number of hydrogen-bond donors (Lipinski definition) is 2. The second-order valence-electron chi connectivity index (χ2n) is 8.40. The lowest BCUT2D eigenvalue weighted by molar-refractivity contribution is 0.415. The van der Waals surface area contributed by atoms with Crippen molar-refractivity contribution in [1.29, 1.82) is 0 Å². The molecule has 0 aromatic heterocycles. The number of aliphatic imine (C=N–C) groups is 1. The minimum absolute atomic E-state index is 0. The molecular formula is C25H36IN5O. The maximum atomic E-state index is 5.55. The van der Waals surface area contributed by atoms with Gasteiger partial charge in [-0.3, -0.25) is 4.99 Å². The van der Waals surface area contributed by atoms with Crippen LogP contribution in [0.15, 0.2) is 59.6 Å². The molecule has 0 aliphatic carbocycles. The first kappa shape index (κ1) is 24.5. The van der Waals surface area contributed by atoms with Gasteiger partial charge in [-0.1, -0.05) is 30.3 Å². The molecule has 0 amide bonds. The van der Waals surface area contributed by atoms with Crippen LogP contribution in [0.4, 0.5) is 11.4 Å². The van der Waals surface area contributed by atoms with Crippen LogP contribution >= 0.6 is 24.0 Å². The lowest BCUT2D eigenvalue weighted by Crippen LogP contribution is -2.45. The molecule has 2 aliphatic rings. The highest BCUT2D eigenvalue weighted by Gasteiger charge is 2.26. The van der Waals surface area contributed by atoms with Crippen LogP contribution < -0.4 is 25.2 Å². The van der Waals surface area contributed by atoms with Gasteiger partial charge in [0.05, 0.1) is 12.8 Å². The first-order valence-electron chi connectivity index (χ1n) is 11.5. The fourth-order valence-electron chi connectivity index (χ4n) is 4.58. The van der Waals surface area contributed by atoms with E-state index in [0.29, 0.717) is 12.0 Å². The van der Waals surface area contributed by atoms with Crippen molar-refractivity contribution in [2.75, 3.05) is 56.2 Å². The van der Waals surface area contributed by atoms with Gasteiger partial charge in [0.25, 0.3) is 0 Å². The number of para-hydroxylation sites is 3. The number of nitrogens with one attached hydrogen (secondary N) is 2. The summed E-state index contributed by atoms with van der Waals surface area (Å²) >= 11 is 0. The predicted octanol–water partition coefficient (Wildman–Crippen LogP) is 3.97. The van der Waals surface area contributed by atoms with Crippen molar-refractivity contribution in [1.82, 2.24) is 10.6 Å². The number of ether oxygens (including phenoxy) is 1. The predicted molar refractivity (Wildman–Crippen MR) is 145 cm³/mol. The summed E-state index contributed by atoms with van der Waals surface area (Å²) < 4.78 is 5.55. The van der Waals surface area contributed by atoms with Crippen molar-refractivity contribution < 1.29 is 4.74 Å². The monoisotopic (exact) mass is 549 g/mol. The van der Waals surface area contributed by atoms with Crippen LogP contribution in [-0.4, -0.2) is 58.4 Å². The number of guanidine groups is 1. The Hall–Kier alpha value is -2.16. The maximum absolute atomic E-state index is 5.55. The largest absolute Gasteiger partial charge is 0.495 e. The summed E-state index contributed by atoms with van der Waals surface area (Å²) in [6.07, 6.45) is 2.29. The molecule has 2 atom stereocenters. The summed E-state index contributed by atoms with van der Waals surface area (Å²) in [4.78, 5) is 9.82. The van der Waals surface area contributed by atoms with Crippen LogP contribution in [0.3, 0.4) is 0 Å². The molecule has 32 heavy (non-hydrogen) atoms. The van der Waals surface area contributed by atoms with E-state index in [1.165, 1.54) is 17.8 Å². The highest BCUT2D eigenvalue weighted by molar-refractivity contribution is 14.0. The van der Waals surface area contributed by atoms with Gasteiger partial charge >= 0.3 is 0 Å². The van der Waals surface area contributed by atoms with Crippen molar-refractivity contribution >= 4 is 41.3 Å². The number of hydrogen-bond acceptors (Lipinski definition) is 4. The Balaban J connectivity index is 0.00000289. The van der Waals surface area contributed by atoms with E-state index >= 15 is 0 Å². The molecule has 4 rings (SSSR count). The zero-order valence-corrected chi connectivity index (χ0v) is 21.5. The van der Waals surface area contributed by atoms with Gasteiger partial charge in [0.1, 0.15) is 5.75 Å². The average molecular weight is 550 g/mol. The first-order chi connectivity index (χ1) is 15.3. The van der Waals surface area contributed by atoms with Crippen LogP contribution in [0.2, 0.25) is 0 Å². The fourth-order valence-corrected chi connectivity index (χ4v) is 4.58. The molecule has 2 unspecified atom stereocenters. The van der Waals surface area contributed by atoms with Gasteiger partial charge in [0.2, 0.25) is 0 Å². The molecule has 2 fully saturated rings. The van der Waals surface area contributed by atoms with Crippen molar-refractivity contribution in [2.45, 2.75) is 25.8 Å². The van der Waals surface area contributed by atoms with Crippen LogP contribution in [-0.2, 0) is 0 Å². The van der Waals surface area contributed by atoms with Crippen LogP contribution in [0.1, 0.15) is 19.8 Å². The van der Waals surface area contributed by atoms with E-state index in [2.05, 4.69) is 69.8 Å². The van der Waals surface area contributed by atoms with Crippen molar-refractivity contribution in [2.24, 2.45) is 10.9 Å². The third kappa shape index (κ3) is 6.21. The molecule has 174 valence electrons. The van der Waals surface area contributed by atoms with Gasteiger partial charge in [-0.25, -0.2) is 0 Å². The third-order valence-corrected chi connectivity index (χ3v) is 6.21. The summed E-state index contributed by atoms with van der Waals surface area (Å²) in [6, 6.07) is 19.3. The van der Waals surface area contributed by atoms with Crippen molar-refractivity contribution in [3.8, 4) is 5.75 Å². The first-order valence-corrected chi connectivity index (χ1v) is 11.5. The SMILES string of the molecule is CCNC(=NCC1CCN(c2ccccc2)C1)NC1CCN(c2ccccc2OC)C1.I. The lowest BCUT2D eigenvalue weighted by Gasteiger charge is -2.22. The molecule has 6 nitrogen and oxygen atoms in total. The molecule has 7 heteroatoms. The highest BCUT2D eigenvalue weighted by Crippen LogP contribution is 2.30. The smallest absolute Gasteiger partial charge is 0.191 e. The minimum Gasteiger partial charge on any atom is -0.495 e. The zero-order chi connectivity index (χ0) is 21.5. The van der Waals surface area contributed by atoms with E-state index in [9.17, 15) is 0 Å². The summed E-state index contributed by atoms with van der Waals surface area (Å²) in [5.41, 5.74) is 2.49. The van der Waals surface area contributed by atoms with Gasteiger partial charge in [0.15, 0.2) is 5.96 Å². The Morgan fingerprint density at radius 3 is 2.53 bits per heavy atom. The Kier molecular flexibility index (Phi) is 9.32. The second-order valence-corrected chi connectivity index (χ2v) is 8.40. The van der Waals surface area contributed by atoms with E-state index in [4.69, 9.17) is 9.73 Å².